The standard InChI is InChI=1S/C17H27FN2O4S/c1-14(2)24-13-7-11-19-17(21)10-6-12-20(25(3,22)23)16-9-5-4-8-15(16)18/h4-5,8-9,14H,6-7,10-13H2,1-3H3,(H,19,21). The second-order valence-corrected chi connectivity index (χ2v) is 7.92. The summed E-state index contributed by atoms with van der Waals surface area (Å²) in [6.07, 6.45) is 2.38. The SMILES string of the molecule is CC(C)OCCCNC(=O)CCCN(c1ccccc1F)S(C)(=O)=O. The highest BCUT2D eigenvalue weighted by Crippen LogP contribution is 2.21. The van der Waals surface area contributed by atoms with E-state index in [9.17, 15) is 17.6 Å². The fraction of sp³-hybridized carbons (Fsp3) is 0.588. The van der Waals surface area contributed by atoms with Crippen molar-refractivity contribution in [2.45, 2.75) is 39.2 Å². The summed E-state index contributed by atoms with van der Waals surface area (Å²) < 4.78 is 44.0. The zero-order chi connectivity index (χ0) is 18.9. The van der Waals surface area contributed by atoms with Crippen molar-refractivity contribution in [2.75, 3.05) is 30.3 Å². The summed E-state index contributed by atoms with van der Waals surface area (Å²) in [7, 11) is -3.63. The number of rotatable bonds is 11. The lowest BCUT2D eigenvalue weighted by atomic mass is 10.2. The monoisotopic (exact) mass is 374 g/mol. The lowest BCUT2D eigenvalue weighted by molar-refractivity contribution is -0.121. The molecule has 0 bridgehead atoms. The number of carbonyl (C=O) groups excluding carboxylic acids is 1. The molecule has 0 aliphatic carbocycles. The molecule has 142 valence electrons. The first-order valence-electron chi connectivity index (χ1n) is 8.32. The number of amides is 1. The number of ether oxygens (including phenoxy) is 1. The van der Waals surface area contributed by atoms with E-state index in [1.165, 1.54) is 18.2 Å². The summed E-state index contributed by atoms with van der Waals surface area (Å²) in [5.41, 5.74) is -0.00348. The first kappa shape index (κ1) is 21.4. The number of benzene rings is 1. The average molecular weight is 374 g/mol. The number of para-hydroxylation sites is 1. The van der Waals surface area contributed by atoms with Crippen LogP contribution in [0, 0.1) is 5.82 Å². The van der Waals surface area contributed by atoms with E-state index in [1.54, 1.807) is 6.07 Å². The van der Waals surface area contributed by atoms with Crippen LogP contribution in [0.4, 0.5) is 10.1 Å². The Labute approximate surface area is 149 Å². The van der Waals surface area contributed by atoms with Crippen LogP contribution in [0.5, 0.6) is 0 Å². The Hall–Kier alpha value is -1.67. The van der Waals surface area contributed by atoms with Gasteiger partial charge in [0.1, 0.15) is 5.82 Å². The molecule has 0 radical (unpaired) electrons. The fourth-order valence-electron chi connectivity index (χ4n) is 2.21. The van der Waals surface area contributed by atoms with Crippen molar-refractivity contribution in [1.29, 1.82) is 0 Å². The molecule has 0 heterocycles. The molecule has 0 atom stereocenters. The third kappa shape index (κ3) is 8.31. The topological polar surface area (TPSA) is 75.7 Å². The molecular formula is C17H27FN2O4S. The number of nitrogens with zero attached hydrogens (tertiary/aromatic N) is 1. The summed E-state index contributed by atoms with van der Waals surface area (Å²) >= 11 is 0. The fourth-order valence-corrected chi connectivity index (χ4v) is 3.18. The molecule has 0 unspecified atom stereocenters. The Bertz CT molecular complexity index is 650. The normalized spacial score (nSPS) is 11.6. The van der Waals surface area contributed by atoms with E-state index in [0.717, 1.165) is 10.6 Å². The third-order valence-electron chi connectivity index (χ3n) is 3.38. The quantitative estimate of drug-likeness (QED) is 0.603. The van der Waals surface area contributed by atoms with Gasteiger partial charge in [0.2, 0.25) is 15.9 Å². The maximum absolute atomic E-state index is 13.9. The number of hydrogen-bond acceptors (Lipinski definition) is 4. The third-order valence-corrected chi connectivity index (χ3v) is 4.56. The molecule has 8 heteroatoms. The number of carbonyl (C=O) groups is 1. The van der Waals surface area contributed by atoms with E-state index >= 15 is 0 Å². The summed E-state index contributed by atoms with van der Waals surface area (Å²) in [6, 6.07) is 5.68. The van der Waals surface area contributed by atoms with Gasteiger partial charge in [0.15, 0.2) is 0 Å². The Balaban J connectivity index is 2.43. The molecule has 1 amide bonds. The van der Waals surface area contributed by atoms with Gasteiger partial charge in [-0.3, -0.25) is 9.10 Å². The molecule has 1 rings (SSSR count). The maximum Gasteiger partial charge on any atom is 0.232 e. The van der Waals surface area contributed by atoms with Gasteiger partial charge < -0.3 is 10.1 Å². The Kier molecular flexibility index (Phi) is 8.85. The van der Waals surface area contributed by atoms with Crippen molar-refractivity contribution in [3.8, 4) is 0 Å². The van der Waals surface area contributed by atoms with E-state index in [4.69, 9.17) is 4.74 Å². The van der Waals surface area contributed by atoms with Gasteiger partial charge in [-0.05, 0) is 38.8 Å². The van der Waals surface area contributed by atoms with Gasteiger partial charge in [-0.1, -0.05) is 12.1 Å². The van der Waals surface area contributed by atoms with Gasteiger partial charge in [0.05, 0.1) is 18.0 Å². The molecule has 0 fully saturated rings. The van der Waals surface area contributed by atoms with Crippen molar-refractivity contribution in [3.05, 3.63) is 30.1 Å². The first-order valence-corrected chi connectivity index (χ1v) is 10.2. The highest BCUT2D eigenvalue weighted by atomic mass is 32.2. The molecule has 25 heavy (non-hydrogen) atoms. The predicted molar refractivity (Wildman–Crippen MR) is 96.5 cm³/mol. The average Bonchev–Trinajstić information content (AvgIpc) is 2.51. The van der Waals surface area contributed by atoms with E-state index in [1.807, 2.05) is 13.8 Å². The molecule has 0 aliphatic heterocycles. The predicted octanol–water partition coefficient (Wildman–Crippen LogP) is 2.30. The van der Waals surface area contributed by atoms with Gasteiger partial charge in [-0.15, -0.1) is 0 Å². The lowest BCUT2D eigenvalue weighted by Crippen LogP contribution is -2.33. The highest BCUT2D eigenvalue weighted by Gasteiger charge is 2.20. The molecule has 1 aromatic carbocycles. The molecule has 0 spiro atoms. The van der Waals surface area contributed by atoms with E-state index in [0.29, 0.717) is 26.0 Å². The van der Waals surface area contributed by atoms with E-state index in [-0.39, 0.29) is 30.7 Å². The van der Waals surface area contributed by atoms with Crippen LogP contribution in [0.15, 0.2) is 24.3 Å². The minimum absolute atomic E-state index is 0.00348. The minimum atomic E-state index is -3.63. The maximum atomic E-state index is 13.9. The van der Waals surface area contributed by atoms with Crippen molar-refractivity contribution in [2.24, 2.45) is 0 Å². The van der Waals surface area contributed by atoms with E-state index in [2.05, 4.69) is 5.32 Å². The minimum Gasteiger partial charge on any atom is -0.379 e. The van der Waals surface area contributed by atoms with Gasteiger partial charge in [-0.25, -0.2) is 12.8 Å². The zero-order valence-corrected chi connectivity index (χ0v) is 15.8. The molecule has 0 saturated heterocycles. The van der Waals surface area contributed by atoms with Gasteiger partial charge in [-0.2, -0.15) is 0 Å². The second-order valence-electron chi connectivity index (χ2n) is 6.01. The largest absolute Gasteiger partial charge is 0.379 e. The van der Waals surface area contributed by atoms with Crippen LogP contribution in [0.25, 0.3) is 0 Å². The Morgan fingerprint density at radius 3 is 2.56 bits per heavy atom. The summed E-state index contributed by atoms with van der Waals surface area (Å²) in [5.74, 6) is -0.769. The van der Waals surface area contributed by atoms with Crippen LogP contribution in [-0.4, -0.2) is 46.4 Å². The van der Waals surface area contributed by atoms with Gasteiger partial charge in [0.25, 0.3) is 0 Å². The van der Waals surface area contributed by atoms with Gasteiger partial charge >= 0.3 is 0 Å². The molecule has 0 saturated carbocycles. The number of sulfonamides is 1. The van der Waals surface area contributed by atoms with Crippen molar-refractivity contribution in [3.63, 3.8) is 0 Å². The van der Waals surface area contributed by atoms with Gasteiger partial charge in [0, 0.05) is 26.1 Å². The summed E-state index contributed by atoms with van der Waals surface area (Å²) in [4.78, 5) is 11.8. The van der Waals surface area contributed by atoms with Crippen molar-refractivity contribution in [1.82, 2.24) is 5.32 Å². The lowest BCUT2D eigenvalue weighted by Gasteiger charge is -2.22. The Morgan fingerprint density at radius 1 is 1.28 bits per heavy atom. The van der Waals surface area contributed by atoms with Crippen LogP contribution in [0.3, 0.4) is 0 Å². The first-order chi connectivity index (χ1) is 11.7. The zero-order valence-electron chi connectivity index (χ0n) is 15.0. The number of halogens is 1. The van der Waals surface area contributed by atoms with Crippen molar-refractivity contribution < 1.29 is 22.3 Å². The van der Waals surface area contributed by atoms with Crippen LogP contribution in [0.1, 0.15) is 33.1 Å². The second kappa shape index (κ2) is 10.4. The number of anilines is 1. The number of hydrogen-bond donors (Lipinski definition) is 1. The van der Waals surface area contributed by atoms with Crippen LogP contribution in [0.2, 0.25) is 0 Å². The smallest absolute Gasteiger partial charge is 0.232 e. The molecule has 6 nitrogen and oxygen atoms in total. The van der Waals surface area contributed by atoms with Crippen molar-refractivity contribution >= 4 is 21.6 Å². The molecule has 1 N–H and O–H groups in total. The molecule has 0 aromatic heterocycles. The van der Waals surface area contributed by atoms with E-state index < -0.39 is 15.8 Å². The molecular weight excluding hydrogens is 347 g/mol. The summed E-state index contributed by atoms with van der Waals surface area (Å²) in [5, 5.41) is 2.76. The highest BCUT2D eigenvalue weighted by molar-refractivity contribution is 7.92. The molecule has 0 aliphatic rings. The van der Waals surface area contributed by atoms with Crippen LogP contribution in [-0.2, 0) is 19.6 Å². The van der Waals surface area contributed by atoms with Crippen LogP contribution >= 0.6 is 0 Å². The van der Waals surface area contributed by atoms with Crippen LogP contribution < -0.4 is 9.62 Å². The summed E-state index contributed by atoms with van der Waals surface area (Å²) in [6.45, 7) is 5.02. The Morgan fingerprint density at radius 2 is 1.96 bits per heavy atom. The molecule has 1 aromatic rings. The number of nitrogens with one attached hydrogen (secondary N) is 1.